The van der Waals surface area contributed by atoms with Crippen molar-refractivity contribution < 1.29 is 24.0 Å². The van der Waals surface area contributed by atoms with Crippen LogP contribution in [0.25, 0.3) is 0 Å². The van der Waals surface area contributed by atoms with Gasteiger partial charge in [0.15, 0.2) is 6.67 Å². The molecule has 0 aliphatic carbocycles. The normalized spacial score (nSPS) is 19.2. The number of esters is 2. The first kappa shape index (κ1) is 21.1. The summed E-state index contributed by atoms with van der Waals surface area (Å²) in [6.45, 7) is 8.00. The lowest BCUT2D eigenvalue weighted by atomic mass is 9.98. The Labute approximate surface area is 164 Å². The van der Waals surface area contributed by atoms with Crippen molar-refractivity contribution in [3.8, 4) is 6.07 Å². The summed E-state index contributed by atoms with van der Waals surface area (Å²) in [6.07, 6.45) is 1.73. The van der Waals surface area contributed by atoms with Gasteiger partial charge in [0.2, 0.25) is 0 Å². The van der Waals surface area contributed by atoms with Gasteiger partial charge >= 0.3 is 11.9 Å². The van der Waals surface area contributed by atoms with Crippen molar-refractivity contribution in [2.24, 2.45) is 5.92 Å². The zero-order valence-corrected chi connectivity index (χ0v) is 16.9. The summed E-state index contributed by atoms with van der Waals surface area (Å²) in [5.41, 5.74) is 1.29. The van der Waals surface area contributed by atoms with Crippen LogP contribution in [0.1, 0.15) is 48.3 Å². The average molecular weight is 393 g/mol. The number of likely N-dealkylation sites (tertiary alicyclic amines) is 1. The highest BCUT2D eigenvalue weighted by Gasteiger charge is 2.30. The van der Waals surface area contributed by atoms with E-state index in [2.05, 4.69) is 6.07 Å². The van der Waals surface area contributed by atoms with Crippen LogP contribution in [0.5, 0.6) is 0 Å². The molecule has 1 aliphatic heterocycles. The Morgan fingerprint density at radius 2 is 2.07 bits per heavy atom. The third-order valence-electron chi connectivity index (χ3n) is 4.79. The molecule has 0 aromatic carbocycles. The Morgan fingerprint density at radius 3 is 2.70 bits per heavy atom. The monoisotopic (exact) mass is 392 g/mol. The van der Waals surface area contributed by atoms with Crippen LogP contribution in [0.3, 0.4) is 0 Å². The maximum atomic E-state index is 12.3. The smallest absolute Gasteiger partial charge is 0.339 e. The van der Waals surface area contributed by atoms with Gasteiger partial charge in [0, 0.05) is 5.69 Å². The van der Waals surface area contributed by atoms with E-state index < -0.39 is 5.97 Å². The Balaban J connectivity index is 2.31. The van der Waals surface area contributed by atoms with E-state index in [9.17, 15) is 14.9 Å². The maximum Gasteiger partial charge on any atom is 0.339 e. The first-order valence-corrected chi connectivity index (χ1v) is 9.65. The number of nitriles is 1. The highest BCUT2D eigenvalue weighted by atomic mass is 32.1. The van der Waals surface area contributed by atoms with Crippen LogP contribution in [0, 0.1) is 28.8 Å². The largest absolute Gasteiger partial charge is 0.466 e. The molecule has 1 aromatic rings. The van der Waals surface area contributed by atoms with Crippen LogP contribution in [0.15, 0.2) is 6.07 Å². The molecule has 1 aliphatic rings. The second-order valence-electron chi connectivity index (χ2n) is 6.58. The van der Waals surface area contributed by atoms with Crippen LogP contribution < -0.4 is 4.90 Å². The van der Waals surface area contributed by atoms with Gasteiger partial charge in [0.25, 0.3) is 0 Å². The molecule has 1 saturated heterocycles. The Bertz CT molecular complexity index is 812. The molecular weight excluding hydrogens is 366 g/mol. The summed E-state index contributed by atoms with van der Waals surface area (Å²) < 4.78 is 12.5. The molecular formula is C19H26N3O4S+. The van der Waals surface area contributed by atoms with Crippen molar-refractivity contribution in [3.63, 3.8) is 0 Å². The fourth-order valence-electron chi connectivity index (χ4n) is 3.42. The third-order valence-corrected chi connectivity index (χ3v) is 5.23. The van der Waals surface area contributed by atoms with Gasteiger partial charge < -0.3 is 14.4 Å². The van der Waals surface area contributed by atoms with Crippen molar-refractivity contribution >= 4 is 24.2 Å². The van der Waals surface area contributed by atoms with Crippen molar-refractivity contribution in [3.05, 3.63) is 27.5 Å². The van der Waals surface area contributed by atoms with Gasteiger partial charge in [0.05, 0.1) is 37.4 Å². The lowest BCUT2D eigenvalue weighted by Gasteiger charge is -2.30. The van der Waals surface area contributed by atoms with Crippen molar-refractivity contribution in [2.45, 2.75) is 40.3 Å². The molecule has 1 fully saturated rings. The van der Waals surface area contributed by atoms with Crippen LogP contribution in [0.4, 0.5) is 0 Å². The number of carbonyl (C=O) groups excluding carboxylic acids is 2. The fourth-order valence-corrected chi connectivity index (χ4v) is 3.73. The molecule has 1 aromatic heterocycles. The molecule has 2 heterocycles. The van der Waals surface area contributed by atoms with E-state index in [4.69, 9.17) is 21.7 Å². The lowest BCUT2D eigenvalue weighted by molar-refractivity contribution is -0.930. The molecule has 0 amide bonds. The highest BCUT2D eigenvalue weighted by Crippen LogP contribution is 2.15. The zero-order valence-electron chi connectivity index (χ0n) is 16.0. The number of aromatic nitrogens is 1. The summed E-state index contributed by atoms with van der Waals surface area (Å²) in [5.74, 6) is -0.756. The molecule has 146 valence electrons. The first-order valence-electron chi connectivity index (χ1n) is 9.24. The molecule has 1 unspecified atom stereocenters. The standard InChI is InChI=1S/C19H25N3O4S/c1-4-25-18(23)14-7-6-8-21(11-14)12-22-13(3)16(19(24)26-5-2)9-15(10-20)17(22)27/h9,14H,4-8,11-12H2,1-3H3/p+1/t14-/m0/s1. The molecule has 7 nitrogen and oxygen atoms in total. The minimum Gasteiger partial charge on any atom is -0.466 e. The van der Waals surface area contributed by atoms with Crippen molar-refractivity contribution in [2.75, 3.05) is 26.3 Å². The number of nitrogens with one attached hydrogen (secondary N) is 1. The van der Waals surface area contributed by atoms with Crippen molar-refractivity contribution in [1.29, 1.82) is 5.26 Å². The molecule has 27 heavy (non-hydrogen) atoms. The van der Waals surface area contributed by atoms with E-state index in [0.29, 0.717) is 35.7 Å². The Morgan fingerprint density at radius 1 is 1.37 bits per heavy atom. The second-order valence-corrected chi connectivity index (χ2v) is 6.96. The van der Waals surface area contributed by atoms with Crippen LogP contribution in [-0.2, 0) is 20.9 Å². The topological polar surface area (TPSA) is 85.8 Å². The van der Waals surface area contributed by atoms with E-state index in [-0.39, 0.29) is 24.1 Å². The Kier molecular flexibility index (Phi) is 7.51. The highest BCUT2D eigenvalue weighted by molar-refractivity contribution is 7.71. The number of hydrogen-bond acceptors (Lipinski definition) is 6. The predicted molar refractivity (Wildman–Crippen MR) is 101 cm³/mol. The molecule has 1 N–H and O–H groups in total. The number of hydrogen-bond donors (Lipinski definition) is 1. The molecule has 0 saturated carbocycles. The Hall–Kier alpha value is -2.24. The van der Waals surface area contributed by atoms with Gasteiger partial charge in [-0.15, -0.1) is 0 Å². The number of nitrogens with zero attached hydrogens (tertiary/aromatic N) is 2. The molecule has 0 bridgehead atoms. The van der Waals surface area contributed by atoms with Crippen molar-refractivity contribution in [1.82, 2.24) is 4.57 Å². The summed E-state index contributed by atoms with van der Waals surface area (Å²) in [5, 5.41) is 9.40. The number of piperidine rings is 1. The lowest BCUT2D eigenvalue weighted by Crippen LogP contribution is -3.13. The van der Waals surface area contributed by atoms with Gasteiger partial charge in [-0.3, -0.25) is 9.36 Å². The number of quaternary nitrogens is 1. The minimum atomic E-state index is -0.465. The van der Waals surface area contributed by atoms with E-state index >= 15 is 0 Å². The molecule has 2 rings (SSSR count). The van der Waals surface area contributed by atoms with Gasteiger partial charge in [-0.2, -0.15) is 5.26 Å². The minimum absolute atomic E-state index is 0.133. The zero-order chi connectivity index (χ0) is 20.0. The average Bonchev–Trinajstić information content (AvgIpc) is 2.66. The number of carbonyl (C=O) groups is 2. The third kappa shape index (κ3) is 4.93. The van der Waals surface area contributed by atoms with E-state index in [1.165, 1.54) is 11.0 Å². The van der Waals surface area contributed by atoms with Crippen LogP contribution >= 0.6 is 12.2 Å². The van der Waals surface area contributed by atoms with Gasteiger partial charge in [-0.1, -0.05) is 12.2 Å². The number of ether oxygens (including phenoxy) is 2. The van der Waals surface area contributed by atoms with E-state index in [0.717, 1.165) is 19.4 Å². The molecule has 8 heteroatoms. The second kappa shape index (κ2) is 9.62. The van der Waals surface area contributed by atoms with E-state index in [1.54, 1.807) is 20.8 Å². The summed E-state index contributed by atoms with van der Waals surface area (Å²) >= 11 is 5.46. The molecule has 2 atom stereocenters. The number of pyridine rings is 1. The molecule has 0 radical (unpaired) electrons. The predicted octanol–water partition coefficient (Wildman–Crippen LogP) is 1.39. The summed E-state index contributed by atoms with van der Waals surface area (Å²) in [6, 6.07) is 3.56. The number of rotatable bonds is 6. The summed E-state index contributed by atoms with van der Waals surface area (Å²) in [7, 11) is 0. The SMILES string of the molecule is CCOC(=O)c1cc(C#N)c(=S)n(C[NH+]2CCC[C@H](C(=O)OCC)C2)c1C. The fraction of sp³-hybridized carbons (Fsp3) is 0.579. The molecule has 0 spiro atoms. The maximum absolute atomic E-state index is 12.3. The first-order chi connectivity index (χ1) is 12.9. The van der Waals surface area contributed by atoms with Gasteiger partial charge in [-0.05, 0) is 39.7 Å². The van der Waals surface area contributed by atoms with Crippen LogP contribution in [-0.4, -0.2) is 42.8 Å². The van der Waals surface area contributed by atoms with Gasteiger partial charge in [-0.25, -0.2) is 4.79 Å². The quantitative estimate of drug-likeness (QED) is 0.582. The van der Waals surface area contributed by atoms with Crippen LogP contribution in [0.2, 0.25) is 0 Å². The summed E-state index contributed by atoms with van der Waals surface area (Å²) in [4.78, 5) is 25.5. The van der Waals surface area contributed by atoms with E-state index in [1.807, 2.05) is 4.57 Å². The van der Waals surface area contributed by atoms with Gasteiger partial charge in [0.1, 0.15) is 16.6 Å².